The molecule has 0 radical (unpaired) electrons. The van der Waals surface area contributed by atoms with E-state index in [0.29, 0.717) is 11.8 Å². The van der Waals surface area contributed by atoms with E-state index in [9.17, 15) is 30.8 Å². The van der Waals surface area contributed by atoms with Crippen LogP contribution in [0.4, 0.5) is 22.4 Å². The van der Waals surface area contributed by atoms with Crippen LogP contribution in [0.15, 0.2) is 53.4 Å². The molecule has 2 N–H and O–H groups in total. The molecule has 0 unspecified atom stereocenters. The summed E-state index contributed by atoms with van der Waals surface area (Å²) in [6.45, 7) is 0.348. The van der Waals surface area contributed by atoms with E-state index in [4.69, 9.17) is 9.57 Å². The lowest BCUT2D eigenvalue weighted by Gasteiger charge is -2.30. The predicted molar refractivity (Wildman–Crippen MR) is 113 cm³/mol. The zero-order valence-electron chi connectivity index (χ0n) is 17.8. The first-order valence-corrected chi connectivity index (χ1v) is 11.7. The number of alkyl halides is 3. The van der Waals surface area contributed by atoms with E-state index in [2.05, 4.69) is 10.8 Å². The molecule has 2 aromatic rings. The minimum atomic E-state index is -4.65. The van der Waals surface area contributed by atoms with Crippen molar-refractivity contribution in [1.29, 1.82) is 0 Å². The maximum atomic E-state index is 12.9. The molecule has 34 heavy (non-hydrogen) atoms. The van der Waals surface area contributed by atoms with E-state index in [1.165, 1.54) is 24.3 Å². The number of hydrogen-bond donors (Lipinski definition) is 2. The highest BCUT2D eigenvalue weighted by Crippen LogP contribution is 2.31. The second-order valence-electron chi connectivity index (χ2n) is 7.41. The van der Waals surface area contributed by atoms with Crippen LogP contribution in [0.2, 0.25) is 0 Å². The molecule has 13 heteroatoms. The molecule has 1 aliphatic rings. The Hall–Kier alpha value is -2.90. The SMILES string of the molecule is O=C(NCCOc1ccc(F)cc1)NOC1CCN(S(=O)(=O)c2cccc(C(F)(F)F)c2)CC1. The molecule has 2 aromatic carbocycles. The number of halogens is 4. The number of sulfonamides is 1. The minimum absolute atomic E-state index is 0.0258. The summed E-state index contributed by atoms with van der Waals surface area (Å²) in [5.74, 6) is 0.0628. The number of amides is 2. The van der Waals surface area contributed by atoms with Gasteiger partial charge in [0.2, 0.25) is 10.0 Å². The number of carbonyl (C=O) groups is 1. The predicted octanol–water partition coefficient (Wildman–Crippen LogP) is 3.31. The van der Waals surface area contributed by atoms with E-state index in [0.717, 1.165) is 22.5 Å². The molecule has 0 spiro atoms. The van der Waals surface area contributed by atoms with Crippen molar-refractivity contribution in [3.8, 4) is 5.75 Å². The first-order chi connectivity index (χ1) is 16.1. The summed E-state index contributed by atoms with van der Waals surface area (Å²) in [6, 6.07) is 8.39. The lowest BCUT2D eigenvalue weighted by molar-refractivity contribution is -0.137. The highest BCUT2D eigenvalue weighted by Gasteiger charge is 2.34. The van der Waals surface area contributed by atoms with Gasteiger partial charge in [0.1, 0.15) is 18.2 Å². The number of nitrogens with zero attached hydrogens (tertiary/aromatic N) is 1. The summed E-state index contributed by atoms with van der Waals surface area (Å²) in [7, 11) is -4.10. The third-order valence-corrected chi connectivity index (χ3v) is 6.88. The Morgan fingerprint density at radius 1 is 1.09 bits per heavy atom. The molecular formula is C21H23F4N3O5S. The van der Waals surface area contributed by atoms with Gasteiger partial charge in [-0.25, -0.2) is 23.1 Å². The largest absolute Gasteiger partial charge is 0.492 e. The third-order valence-electron chi connectivity index (χ3n) is 4.99. The van der Waals surface area contributed by atoms with Crippen LogP contribution in [-0.4, -0.2) is 51.1 Å². The zero-order chi connectivity index (χ0) is 24.8. The Balaban J connectivity index is 1.39. The number of benzene rings is 2. The number of hydrogen-bond acceptors (Lipinski definition) is 5. The van der Waals surface area contributed by atoms with Crippen molar-refractivity contribution in [3.63, 3.8) is 0 Å². The average molecular weight is 505 g/mol. The third kappa shape index (κ3) is 7.05. The van der Waals surface area contributed by atoms with Gasteiger partial charge >= 0.3 is 12.2 Å². The molecule has 3 rings (SSSR count). The molecule has 8 nitrogen and oxygen atoms in total. The molecule has 0 atom stereocenters. The Bertz CT molecular complexity index is 1070. The standard InChI is InChI=1S/C21H23F4N3O5S/c22-16-4-6-17(7-5-16)32-13-10-26-20(29)27-33-18-8-11-28(12-9-18)34(30,31)19-3-1-2-15(14-19)21(23,24)25/h1-7,14,18H,8-13H2,(H2,26,27,29). The van der Waals surface area contributed by atoms with Crippen LogP contribution in [0.5, 0.6) is 5.75 Å². The second kappa shape index (κ2) is 11.0. The summed E-state index contributed by atoms with van der Waals surface area (Å²) in [5.41, 5.74) is 1.18. The maximum absolute atomic E-state index is 12.9. The van der Waals surface area contributed by atoms with Crippen LogP contribution >= 0.6 is 0 Å². The second-order valence-corrected chi connectivity index (χ2v) is 9.35. The highest BCUT2D eigenvalue weighted by atomic mass is 32.2. The van der Waals surface area contributed by atoms with E-state index >= 15 is 0 Å². The van der Waals surface area contributed by atoms with Gasteiger partial charge in [-0.05, 0) is 55.3 Å². The van der Waals surface area contributed by atoms with Gasteiger partial charge in [0.25, 0.3) is 0 Å². The van der Waals surface area contributed by atoms with Gasteiger partial charge in [-0.1, -0.05) is 6.07 Å². The number of ether oxygens (including phenoxy) is 1. The molecule has 1 heterocycles. The van der Waals surface area contributed by atoms with E-state index in [1.54, 1.807) is 0 Å². The first kappa shape index (κ1) is 25.7. The summed E-state index contributed by atoms with van der Waals surface area (Å²) in [4.78, 5) is 16.7. The molecule has 0 saturated carbocycles. The molecule has 1 saturated heterocycles. The number of urea groups is 1. The lowest BCUT2D eigenvalue weighted by Crippen LogP contribution is -2.45. The van der Waals surface area contributed by atoms with Gasteiger partial charge in [0.05, 0.1) is 23.1 Å². The van der Waals surface area contributed by atoms with Crippen LogP contribution in [-0.2, 0) is 21.0 Å². The van der Waals surface area contributed by atoms with Gasteiger partial charge in [0.15, 0.2) is 0 Å². The number of rotatable bonds is 8. The number of hydroxylamine groups is 1. The van der Waals surface area contributed by atoms with E-state index in [-0.39, 0.29) is 44.9 Å². The molecular weight excluding hydrogens is 482 g/mol. The zero-order valence-corrected chi connectivity index (χ0v) is 18.7. The van der Waals surface area contributed by atoms with Crippen LogP contribution in [0.3, 0.4) is 0 Å². The monoisotopic (exact) mass is 505 g/mol. The molecule has 0 aromatic heterocycles. The smallest absolute Gasteiger partial charge is 0.416 e. The average Bonchev–Trinajstić information content (AvgIpc) is 2.81. The summed E-state index contributed by atoms with van der Waals surface area (Å²) >= 11 is 0. The van der Waals surface area contributed by atoms with Gasteiger partial charge in [-0.2, -0.15) is 17.5 Å². The minimum Gasteiger partial charge on any atom is -0.492 e. The first-order valence-electron chi connectivity index (χ1n) is 10.3. The Labute approximate surface area is 193 Å². The lowest BCUT2D eigenvalue weighted by atomic mass is 10.1. The summed E-state index contributed by atoms with van der Waals surface area (Å²) in [6.07, 6.45) is -4.63. The van der Waals surface area contributed by atoms with Crippen LogP contribution in [0.25, 0.3) is 0 Å². The van der Waals surface area contributed by atoms with Gasteiger partial charge in [-0.3, -0.25) is 4.84 Å². The van der Waals surface area contributed by atoms with Crippen molar-refractivity contribution in [2.75, 3.05) is 26.2 Å². The van der Waals surface area contributed by atoms with Crippen molar-refractivity contribution < 1.29 is 40.3 Å². The topological polar surface area (TPSA) is 97.0 Å². The van der Waals surface area contributed by atoms with E-state index < -0.39 is 38.8 Å². The van der Waals surface area contributed by atoms with Gasteiger partial charge in [-0.15, -0.1) is 0 Å². The Morgan fingerprint density at radius 3 is 2.41 bits per heavy atom. The van der Waals surface area contributed by atoms with Crippen molar-refractivity contribution in [2.45, 2.75) is 30.0 Å². The maximum Gasteiger partial charge on any atom is 0.416 e. The van der Waals surface area contributed by atoms with Crippen molar-refractivity contribution in [2.24, 2.45) is 0 Å². The normalized spacial score (nSPS) is 15.6. The van der Waals surface area contributed by atoms with Crippen molar-refractivity contribution in [1.82, 2.24) is 15.1 Å². The fourth-order valence-corrected chi connectivity index (χ4v) is 4.73. The number of carbonyl (C=O) groups excluding carboxylic acids is 1. The van der Waals surface area contributed by atoms with Crippen LogP contribution < -0.4 is 15.5 Å². The summed E-state index contributed by atoms with van der Waals surface area (Å²) < 4.78 is 83.4. The summed E-state index contributed by atoms with van der Waals surface area (Å²) in [5, 5.41) is 2.50. The molecule has 0 bridgehead atoms. The quantitative estimate of drug-likeness (QED) is 0.326. The molecule has 186 valence electrons. The Morgan fingerprint density at radius 2 is 1.76 bits per heavy atom. The fourth-order valence-electron chi connectivity index (χ4n) is 3.21. The van der Waals surface area contributed by atoms with Crippen molar-refractivity contribution >= 4 is 16.1 Å². The van der Waals surface area contributed by atoms with Gasteiger partial charge in [0, 0.05) is 13.1 Å². The molecule has 2 amide bonds. The fraction of sp³-hybridized carbons (Fsp3) is 0.381. The van der Waals surface area contributed by atoms with Crippen LogP contribution in [0.1, 0.15) is 18.4 Å². The van der Waals surface area contributed by atoms with Crippen molar-refractivity contribution in [3.05, 3.63) is 59.9 Å². The van der Waals surface area contributed by atoms with Crippen LogP contribution in [0, 0.1) is 5.82 Å². The highest BCUT2D eigenvalue weighted by molar-refractivity contribution is 7.89. The molecule has 1 fully saturated rings. The van der Waals surface area contributed by atoms with Gasteiger partial charge < -0.3 is 10.1 Å². The molecule has 0 aliphatic carbocycles. The van der Waals surface area contributed by atoms with E-state index in [1.807, 2.05) is 0 Å². The molecule has 1 aliphatic heterocycles. The number of piperidine rings is 1. The number of nitrogens with one attached hydrogen (secondary N) is 2. The Kier molecular flexibility index (Phi) is 8.33.